The second-order valence-electron chi connectivity index (χ2n) is 13.1. The molecular weight excluding hydrogens is 707 g/mol. The van der Waals surface area contributed by atoms with Crippen molar-refractivity contribution in [2.45, 2.75) is 76.2 Å². The Morgan fingerprint density at radius 1 is 0.792 bits per heavy atom. The van der Waals surface area contributed by atoms with Crippen molar-refractivity contribution >= 4 is 64.3 Å². The molecule has 0 saturated heterocycles. The number of H-pyrrole nitrogens is 1. The fraction of sp³-hybridized carbons (Fsp3) is 0.417. The molecule has 3 aromatic rings. The van der Waals surface area contributed by atoms with Crippen molar-refractivity contribution in [2.24, 2.45) is 5.73 Å². The van der Waals surface area contributed by atoms with Crippen molar-refractivity contribution in [1.29, 1.82) is 0 Å². The molecule has 1 aromatic heterocycles. The standard InChI is InChI=1S/C36H47N7O9S/c1-36(2,3)52-35(51)43-34(50)26(16-21-10-6-5-7-11-21)41-33(49)28(18-30(45)46)42-31(47)25(14-15-53-4)40-32(48)27(39-29(44)19-37)17-22-20-38-24-13-9-8-12-23(22)24/h5-13,20,25-28,38H,14-19,37H2,1-4H3,(H,39,44)(H,40,48)(H,41,49)(H,42,47)(H,45,46)(H,43,50,51). The minimum absolute atomic E-state index is 0.0522. The van der Waals surface area contributed by atoms with E-state index in [0.29, 0.717) is 11.3 Å². The SMILES string of the molecule is CSCCC(NC(=O)C(Cc1c[nH]c2ccccc12)NC(=O)CN)C(=O)NC(CC(=O)O)C(=O)NC(Cc1ccccc1)C(=O)NC(=O)OC(C)(C)C. The number of aromatic nitrogens is 1. The summed E-state index contributed by atoms with van der Waals surface area (Å²) in [6, 6.07) is 10.5. The topological polar surface area (TPSA) is 251 Å². The fourth-order valence-corrected chi connectivity index (χ4v) is 5.71. The molecule has 0 bridgehead atoms. The number of nitrogens with one attached hydrogen (secondary N) is 6. The minimum atomic E-state index is -1.69. The average molecular weight is 754 g/mol. The molecule has 17 heteroatoms. The molecule has 6 amide bonds. The summed E-state index contributed by atoms with van der Waals surface area (Å²) in [7, 11) is 0. The Labute approximate surface area is 311 Å². The van der Waals surface area contributed by atoms with Gasteiger partial charge in [-0.15, -0.1) is 0 Å². The van der Waals surface area contributed by atoms with Crippen LogP contribution in [-0.4, -0.2) is 100 Å². The summed E-state index contributed by atoms with van der Waals surface area (Å²) in [6.45, 7) is 4.43. The Kier molecular flexibility index (Phi) is 15.8. The zero-order valence-electron chi connectivity index (χ0n) is 30.0. The normalized spacial score (nSPS) is 13.5. The number of rotatable bonds is 18. The van der Waals surface area contributed by atoms with Crippen LogP contribution < -0.4 is 32.3 Å². The van der Waals surface area contributed by atoms with E-state index in [-0.39, 0.29) is 25.8 Å². The second-order valence-corrected chi connectivity index (χ2v) is 14.1. The first-order valence-electron chi connectivity index (χ1n) is 16.8. The highest BCUT2D eigenvalue weighted by Gasteiger charge is 2.33. The largest absolute Gasteiger partial charge is 0.481 e. The van der Waals surface area contributed by atoms with Crippen LogP contribution in [0.3, 0.4) is 0 Å². The number of ether oxygens (including phenoxy) is 1. The Hall–Kier alpha value is -5.42. The minimum Gasteiger partial charge on any atom is -0.481 e. The number of para-hydroxylation sites is 1. The summed E-state index contributed by atoms with van der Waals surface area (Å²) in [6.07, 6.45) is 1.62. The number of aromatic amines is 1. The van der Waals surface area contributed by atoms with E-state index in [1.165, 1.54) is 11.8 Å². The van der Waals surface area contributed by atoms with Gasteiger partial charge >= 0.3 is 12.1 Å². The molecule has 53 heavy (non-hydrogen) atoms. The first kappa shape index (κ1) is 42.0. The van der Waals surface area contributed by atoms with Crippen molar-refractivity contribution in [3.05, 3.63) is 71.9 Å². The van der Waals surface area contributed by atoms with Crippen LogP contribution in [0.5, 0.6) is 0 Å². The van der Waals surface area contributed by atoms with E-state index in [9.17, 15) is 38.7 Å². The number of imide groups is 1. The number of hydrogen-bond donors (Lipinski definition) is 8. The molecule has 2 aromatic carbocycles. The Morgan fingerprint density at radius 3 is 2.02 bits per heavy atom. The summed E-state index contributed by atoms with van der Waals surface area (Å²) in [5.41, 5.74) is 6.75. The van der Waals surface area contributed by atoms with Gasteiger partial charge in [-0.3, -0.25) is 34.1 Å². The van der Waals surface area contributed by atoms with Gasteiger partial charge in [0.1, 0.15) is 29.8 Å². The Bertz CT molecular complexity index is 1760. The summed E-state index contributed by atoms with van der Waals surface area (Å²) >= 11 is 1.38. The van der Waals surface area contributed by atoms with Crippen molar-refractivity contribution in [3.8, 4) is 0 Å². The van der Waals surface area contributed by atoms with E-state index in [2.05, 4.69) is 31.6 Å². The van der Waals surface area contributed by atoms with Gasteiger partial charge in [-0.05, 0) is 56.4 Å². The summed E-state index contributed by atoms with van der Waals surface area (Å²) in [4.78, 5) is 93.9. The molecule has 0 fully saturated rings. The van der Waals surface area contributed by atoms with Gasteiger partial charge in [-0.25, -0.2) is 4.79 Å². The predicted octanol–water partition coefficient (Wildman–Crippen LogP) is 1.13. The van der Waals surface area contributed by atoms with Gasteiger partial charge in [0, 0.05) is 29.9 Å². The zero-order chi connectivity index (χ0) is 39.1. The number of hydrogen-bond acceptors (Lipinski definition) is 10. The maximum absolute atomic E-state index is 13.7. The van der Waals surface area contributed by atoms with Crippen molar-refractivity contribution in [1.82, 2.24) is 31.6 Å². The number of nitrogens with two attached hydrogens (primary N) is 1. The number of alkyl carbamates (subject to hydrolysis) is 1. The van der Waals surface area contributed by atoms with E-state index in [0.717, 1.165) is 16.5 Å². The molecule has 0 aliphatic rings. The van der Waals surface area contributed by atoms with Crippen LogP contribution in [0.1, 0.15) is 44.7 Å². The number of aliphatic carboxylic acids is 1. The van der Waals surface area contributed by atoms with Gasteiger partial charge in [0.05, 0.1) is 13.0 Å². The first-order valence-corrected chi connectivity index (χ1v) is 18.2. The van der Waals surface area contributed by atoms with E-state index >= 15 is 0 Å². The van der Waals surface area contributed by atoms with E-state index in [1.54, 1.807) is 63.6 Å². The molecule has 0 radical (unpaired) electrons. The third kappa shape index (κ3) is 13.9. The van der Waals surface area contributed by atoms with Gasteiger partial charge in [0.25, 0.3) is 5.91 Å². The highest BCUT2D eigenvalue weighted by atomic mass is 32.2. The van der Waals surface area contributed by atoms with Gasteiger partial charge in [0.2, 0.25) is 23.6 Å². The van der Waals surface area contributed by atoms with Crippen molar-refractivity contribution in [3.63, 3.8) is 0 Å². The predicted molar refractivity (Wildman–Crippen MR) is 199 cm³/mol. The highest BCUT2D eigenvalue weighted by molar-refractivity contribution is 7.98. The van der Waals surface area contributed by atoms with Crippen LogP contribution in [0.2, 0.25) is 0 Å². The molecule has 1 heterocycles. The number of carboxylic acid groups (broad SMARTS) is 1. The van der Waals surface area contributed by atoms with Crippen LogP contribution in [0, 0.1) is 0 Å². The molecule has 286 valence electrons. The van der Waals surface area contributed by atoms with Gasteiger partial charge in [-0.1, -0.05) is 48.5 Å². The Balaban J connectivity index is 1.82. The fourth-order valence-electron chi connectivity index (χ4n) is 5.24. The zero-order valence-corrected chi connectivity index (χ0v) is 30.8. The quantitative estimate of drug-likeness (QED) is 0.0914. The number of carbonyl (C=O) groups is 7. The maximum atomic E-state index is 13.7. The van der Waals surface area contributed by atoms with Gasteiger partial charge in [0.15, 0.2) is 0 Å². The lowest BCUT2D eigenvalue weighted by Crippen LogP contribution is -2.59. The lowest BCUT2D eigenvalue weighted by atomic mass is 10.0. The molecular formula is C36H47N7O9S. The first-order chi connectivity index (χ1) is 25.1. The number of fused-ring (bicyclic) bond motifs is 1. The number of carboxylic acids is 1. The van der Waals surface area contributed by atoms with Crippen LogP contribution in [0.25, 0.3) is 10.9 Å². The summed E-state index contributed by atoms with van der Waals surface area (Å²) in [5.74, 6) is -5.18. The third-order valence-electron chi connectivity index (χ3n) is 7.73. The summed E-state index contributed by atoms with van der Waals surface area (Å²) < 4.78 is 5.16. The van der Waals surface area contributed by atoms with Crippen LogP contribution in [0.4, 0.5) is 4.79 Å². The highest BCUT2D eigenvalue weighted by Crippen LogP contribution is 2.19. The van der Waals surface area contributed by atoms with Gasteiger partial charge in [-0.2, -0.15) is 11.8 Å². The monoisotopic (exact) mass is 753 g/mol. The third-order valence-corrected chi connectivity index (χ3v) is 8.38. The van der Waals surface area contributed by atoms with E-state index in [4.69, 9.17) is 10.5 Å². The molecule has 3 rings (SSSR count). The average Bonchev–Trinajstić information content (AvgIpc) is 3.50. The molecule has 9 N–H and O–H groups in total. The van der Waals surface area contributed by atoms with Gasteiger partial charge < -0.3 is 41.8 Å². The molecule has 0 saturated carbocycles. The molecule has 0 spiro atoms. The maximum Gasteiger partial charge on any atom is 0.414 e. The van der Waals surface area contributed by atoms with Crippen LogP contribution >= 0.6 is 11.8 Å². The van der Waals surface area contributed by atoms with E-state index < -0.39 is 77.8 Å². The number of benzene rings is 2. The molecule has 4 unspecified atom stereocenters. The summed E-state index contributed by atoms with van der Waals surface area (Å²) in [5, 5.41) is 22.7. The molecule has 4 atom stereocenters. The molecule has 0 aliphatic carbocycles. The van der Waals surface area contributed by atoms with Crippen LogP contribution in [-0.2, 0) is 46.3 Å². The van der Waals surface area contributed by atoms with Crippen molar-refractivity contribution < 1.29 is 43.4 Å². The molecule has 16 nitrogen and oxygen atoms in total. The smallest absolute Gasteiger partial charge is 0.414 e. The number of carbonyl (C=O) groups excluding carboxylic acids is 6. The van der Waals surface area contributed by atoms with Crippen molar-refractivity contribution in [2.75, 3.05) is 18.6 Å². The number of amides is 6. The lowest BCUT2D eigenvalue weighted by Gasteiger charge is -2.26. The van der Waals surface area contributed by atoms with Crippen LogP contribution in [0.15, 0.2) is 60.8 Å². The lowest BCUT2D eigenvalue weighted by molar-refractivity contribution is -0.141. The second kappa shape index (κ2) is 20.0. The van der Waals surface area contributed by atoms with E-state index in [1.807, 2.05) is 24.3 Å². The number of thioether (sulfide) groups is 1. The Morgan fingerprint density at radius 2 is 1.38 bits per heavy atom. The molecule has 0 aliphatic heterocycles.